The predicted molar refractivity (Wildman–Crippen MR) is 125 cm³/mol. The maximum Gasteiger partial charge on any atom is 0.263 e. The lowest BCUT2D eigenvalue weighted by Crippen LogP contribution is -2.25. The SMILES string of the molecule is O=C(CCc1nnc2n(Cc3ccccc3)c(=O)c3ccccc3n12)NCc1ccccn1. The molecule has 0 fully saturated rings. The third kappa shape index (κ3) is 4.23. The summed E-state index contributed by atoms with van der Waals surface area (Å²) in [5.41, 5.74) is 2.41. The number of carbonyl (C=O) groups excluding carboxylic acids is 1. The van der Waals surface area contributed by atoms with Crippen LogP contribution < -0.4 is 10.9 Å². The molecule has 1 N–H and O–H groups in total. The van der Waals surface area contributed by atoms with Gasteiger partial charge in [-0.3, -0.25) is 23.5 Å². The van der Waals surface area contributed by atoms with E-state index in [0.717, 1.165) is 16.8 Å². The van der Waals surface area contributed by atoms with Gasteiger partial charge in [-0.1, -0.05) is 48.5 Å². The number of aryl methyl sites for hydroxylation is 1. The second-order valence-electron chi connectivity index (χ2n) is 7.74. The Bertz CT molecular complexity index is 1480. The zero-order valence-electron chi connectivity index (χ0n) is 17.9. The summed E-state index contributed by atoms with van der Waals surface area (Å²) in [6.07, 6.45) is 2.34. The zero-order valence-corrected chi connectivity index (χ0v) is 17.9. The fourth-order valence-electron chi connectivity index (χ4n) is 3.89. The average molecular weight is 438 g/mol. The summed E-state index contributed by atoms with van der Waals surface area (Å²) in [6.45, 7) is 0.760. The van der Waals surface area contributed by atoms with Crippen LogP contribution in [0.2, 0.25) is 0 Å². The van der Waals surface area contributed by atoms with E-state index in [2.05, 4.69) is 20.5 Å². The van der Waals surface area contributed by atoms with Gasteiger partial charge in [0.15, 0.2) is 0 Å². The molecule has 0 atom stereocenters. The monoisotopic (exact) mass is 438 g/mol. The predicted octanol–water partition coefficient (Wildman–Crippen LogP) is 2.74. The molecule has 5 rings (SSSR count). The van der Waals surface area contributed by atoms with E-state index in [-0.39, 0.29) is 17.9 Å². The van der Waals surface area contributed by atoms with Crippen molar-refractivity contribution in [2.24, 2.45) is 0 Å². The van der Waals surface area contributed by atoms with Crippen molar-refractivity contribution in [1.82, 2.24) is 29.5 Å². The van der Waals surface area contributed by atoms with Gasteiger partial charge in [-0.2, -0.15) is 0 Å². The first-order chi connectivity index (χ1) is 16.2. The first-order valence-electron chi connectivity index (χ1n) is 10.8. The molecule has 0 aliphatic heterocycles. The van der Waals surface area contributed by atoms with Gasteiger partial charge in [-0.05, 0) is 29.8 Å². The van der Waals surface area contributed by atoms with E-state index in [1.165, 1.54) is 0 Å². The van der Waals surface area contributed by atoms with Crippen LogP contribution in [-0.2, 0) is 24.3 Å². The number of hydrogen-bond donors (Lipinski definition) is 1. The molecular formula is C25H22N6O2. The molecule has 5 aromatic rings. The van der Waals surface area contributed by atoms with Gasteiger partial charge >= 0.3 is 0 Å². The number of nitrogens with zero attached hydrogens (tertiary/aromatic N) is 5. The lowest BCUT2D eigenvalue weighted by molar-refractivity contribution is -0.121. The highest BCUT2D eigenvalue weighted by molar-refractivity contribution is 5.80. The molecule has 0 unspecified atom stereocenters. The van der Waals surface area contributed by atoms with E-state index in [9.17, 15) is 9.59 Å². The van der Waals surface area contributed by atoms with Crippen LogP contribution in [0, 0.1) is 0 Å². The molecule has 3 aromatic heterocycles. The van der Waals surface area contributed by atoms with Crippen molar-refractivity contribution in [1.29, 1.82) is 0 Å². The molecule has 8 heteroatoms. The van der Waals surface area contributed by atoms with Crippen LogP contribution in [0.15, 0.2) is 83.8 Å². The van der Waals surface area contributed by atoms with Crippen molar-refractivity contribution >= 4 is 22.6 Å². The van der Waals surface area contributed by atoms with Crippen LogP contribution in [0.1, 0.15) is 23.5 Å². The molecule has 3 heterocycles. The summed E-state index contributed by atoms with van der Waals surface area (Å²) in [6, 6.07) is 22.8. The summed E-state index contributed by atoms with van der Waals surface area (Å²) in [4.78, 5) is 29.9. The van der Waals surface area contributed by atoms with Gasteiger partial charge in [-0.25, -0.2) is 0 Å². The van der Waals surface area contributed by atoms with Gasteiger partial charge in [0.05, 0.1) is 29.7 Å². The average Bonchev–Trinajstić information content (AvgIpc) is 3.29. The highest BCUT2D eigenvalue weighted by Crippen LogP contribution is 2.16. The number of rotatable bonds is 7. The summed E-state index contributed by atoms with van der Waals surface area (Å²) in [7, 11) is 0. The van der Waals surface area contributed by atoms with Crippen molar-refractivity contribution in [3.63, 3.8) is 0 Å². The Kier molecular flexibility index (Phi) is 5.63. The highest BCUT2D eigenvalue weighted by atomic mass is 16.1. The molecule has 0 bridgehead atoms. The molecule has 0 saturated carbocycles. The van der Waals surface area contributed by atoms with E-state index < -0.39 is 0 Å². The fraction of sp³-hybridized carbons (Fsp3) is 0.160. The Morgan fingerprint density at radius 2 is 1.70 bits per heavy atom. The van der Waals surface area contributed by atoms with Gasteiger partial charge in [-0.15, -0.1) is 10.2 Å². The molecule has 0 saturated heterocycles. The third-order valence-corrected chi connectivity index (χ3v) is 5.53. The highest BCUT2D eigenvalue weighted by Gasteiger charge is 2.17. The maximum absolute atomic E-state index is 13.3. The number of hydrogen-bond acceptors (Lipinski definition) is 5. The number of aromatic nitrogens is 5. The molecule has 1 amide bonds. The van der Waals surface area contributed by atoms with Gasteiger partial charge < -0.3 is 5.32 Å². The summed E-state index contributed by atoms with van der Waals surface area (Å²) in [5, 5.41) is 12.1. The fourth-order valence-corrected chi connectivity index (χ4v) is 3.89. The molecule has 0 radical (unpaired) electrons. The van der Waals surface area contributed by atoms with E-state index in [1.807, 2.05) is 77.2 Å². The minimum absolute atomic E-state index is 0.0979. The van der Waals surface area contributed by atoms with Gasteiger partial charge in [0.2, 0.25) is 11.7 Å². The number of benzene rings is 2. The quantitative estimate of drug-likeness (QED) is 0.422. The van der Waals surface area contributed by atoms with Crippen LogP contribution in [0.4, 0.5) is 0 Å². The number of amides is 1. The smallest absolute Gasteiger partial charge is 0.263 e. The van der Waals surface area contributed by atoms with Crippen molar-refractivity contribution in [2.75, 3.05) is 0 Å². The molecule has 0 aliphatic carbocycles. The standard InChI is InChI=1S/C25H22N6O2/c32-23(27-16-19-10-6-7-15-26-19)14-13-22-28-29-25-30(17-18-8-2-1-3-9-18)24(33)20-11-4-5-12-21(20)31(22)25/h1-12,15H,13-14,16-17H2,(H,27,32). The summed E-state index contributed by atoms with van der Waals surface area (Å²) in [5.74, 6) is 1.00. The Morgan fingerprint density at radius 1 is 0.909 bits per heavy atom. The van der Waals surface area contributed by atoms with Crippen molar-refractivity contribution in [3.05, 3.63) is 106 Å². The van der Waals surface area contributed by atoms with Crippen molar-refractivity contribution < 1.29 is 4.79 Å². The van der Waals surface area contributed by atoms with E-state index >= 15 is 0 Å². The largest absolute Gasteiger partial charge is 0.350 e. The minimum atomic E-state index is -0.117. The van der Waals surface area contributed by atoms with E-state index in [1.54, 1.807) is 10.8 Å². The second kappa shape index (κ2) is 9.04. The molecule has 33 heavy (non-hydrogen) atoms. The van der Waals surface area contributed by atoms with Crippen LogP contribution in [0.25, 0.3) is 16.7 Å². The molecule has 8 nitrogen and oxygen atoms in total. The number of pyridine rings is 1. The normalized spacial score (nSPS) is 11.2. The Balaban J connectivity index is 1.45. The number of fused-ring (bicyclic) bond motifs is 3. The number of para-hydroxylation sites is 1. The molecule has 0 aliphatic rings. The van der Waals surface area contributed by atoms with Crippen LogP contribution in [0.5, 0.6) is 0 Å². The molecule has 2 aromatic carbocycles. The second-order valence-corrected chi connectivity index (χ2v) is 7.74. The number of nitrogens with one attached hydrogen (secondary N) is 1. The number of carbonyl (C=O) groups is 1. The molecule has 0 spiro atoms. The van der Waals surface area contributed by atoms with Crippen molar-refractivity contribution in [3.8, 4) is 0 Å². The van der Waals surface area contributed by atoms with Gasteiger partial charge in [0.1, 0.15) is 5.82 Å². The Labute approximate surface area is 189 Å². The topological polar surface area (TPSA) is 94.2 Å². The lowest BCUT2D eigenvalue weighted by atomic mass is 10.2. The van der Waals surface area contributed by atoms with Crippen LogP contribution in [-0.4, -0.2) is 30.1 Å². The summed E-state index contributed by atoms with van der Waals surface area (Å²) < 4.78 is 3.51. The molecular weight excluding hydrogens is 416 g/mol. The maximum atomic E-state index is 13.3. The van der Waals surface area contributed by atoms with Crippen molar-refractivity contribution in [2.45, 2.75) is 25.9 Å². The van der Waals surface area contributed by atoms with E-state index in [4.69, 9.17) is 0 Å². The minimum Gasteiger partial charge on any atom is -0.350 e. The first-order valence-corrected chi connectivity index (χ1v) is 10.8. The lowest BCUT2D eigenvalue weighted by Gasteiger charge is -2.11. The van der Waals surface area contributed by atoms with E-state index in [0.29, 0.717) is 36.5 Å². The zero-order chi connectivity index (χ0) is 22.6. The molecule has 164 valence electrons. The van der Waals surface area contributed by atoms with Crippen LogP contribution >= 0.6 is 0 Å². The Hall–Kier alpha value is -4.33. The van der Waals surface area contributed by atoms with Crippen LogP contribution in [0.3, 0.4) is 0 Å². The summed E-state index contributed by atoms with van der Waals surface area (Å²) >= 11 is 0. The van der Waals surface area contributed by atoms with Gasteiger partial charge in [0, 0.05) is 19.0 Å². The Morgan fingerprint density at radius 3 is 2.52 bits per heavy atom. The van der Waals surface area contributed by atoms with Gasteiger partial charge in [0.25, 0.3) is 5.56 Å². The first kappa shape index (κ1) is 20.6. The third-order valence-electron chi connectivity index (χ3n) is 5.53.